The summed E-state index contributed by atoms with van der Waals surface area (Å²) >= 11 is 0. The van der Waals surface area contributed by atoms with Crippen LogP contribution in [0.5, 0.6) is 0 Å². The van der Waals surface area contributed by atoms with Crippen molar-refractivity contribution >= 4 is 17.3 Å². The number of carbonyl (C=O) groups excluding carboxylic acids is 3. The smallest absolute Gasteiger partial charge is 0.227 e. The third kappa shape index (κ3) is 1.42. The minimum atomic E-state index is -0.604. The summed E-state index contributed by atoms with van der Waals surface area (Å²) in [5, 5.41) is 0. The van der Waals surface area contributed by atoms with Gasteiger partial charge in [-0.2, -0.15) is 0 Å². The molecule has 0 unspecified atom stereocenters. The van der Waals surface area contributed by atoms with Crippen LogP contribution < -0.4 is 0 Å². The van der Waals surface area contributed by atoms with Crippen molar-refractivity contribution in [3.05, 3.63) is 23.4 Å². The number of likely N-dealkylation sites (tertiary alicyclic amines) is 1. The lowest BCUT2D eigenvalue weighted by atomic mass is 10.0. The van der Waals surface area contributed by atoms with E-state index in [9.17, 15) is 14.4 Å². The number of nitrogens with zero attached hydrogens (tertiary/aromatic N) is 1. The summed E-state index contributed by atoms with van der Waals surface area (Å²) in [5.74, 6) is -1.24. The van der Waals surface area contributed by atoms with E-state index in [-0.39, 0.29) is 18.4 Å². The fraction of sp³-hybridized carbons (Fsp3) is 0.364. The lowest BCUT2D eigenvalue weighted by Crippen LogP contribution is -2.28. The molecule has 0 aromatic carbocycles. The van der Waals surface area contributed by atoms with Gasteiger partial charge in [0.05, 0.1) is 12.2 Å². The number of hydrogen-bond donors (Lipinski definition) is 0. The van der Waals surface area contributed by atoms with Crippen molar-refractivity contribution in [1.29, 1.82) is 0 Å². The summed E-state index contributed by atoms with van der Waals surface area (Å²) in [7, 11) is 0. The molecule has 0 spiro atoms. The first-order chi connectivity index (χ1) is 7.00. The van der Waals surface area contributed by atoms with Crippen molar-refractivity contribution < 1.29 is 14.4 Å². The van der Waals surface area contributed by atoms with Gasteiger partial charge in [-0.05, 0) is 13.8 Å². The van der Waals surface area contributed by atoms with E-state index < -0.39 is 11.6 Å². The van der Waals surface area contributed by atoms with Gasteiger partial charge in [-0.15, -0.1) is 0 Å². The molecule has 0 amide bonds. The summed E-state index contributed by atoms with van der Waals surface area (Å²) in [5.41, 5.74) is 0.980. The summed E-state index contributed by atoms with van der Waals surface area (Å²) < 4.78 is 0. The van der Waals surface area contributed by atoms with Crippen LogP contribution in [0.2, 0.25) is 0 Å². The molecule has 1 saturated heterocycles. The zero-order valence-electron chi connectivity index (χ0n) is 8.61. The van der Waals surface area contributed by atoms with Crippen LogP contribution in [-0.2, 0) is 14.4 Å². The Bertz CT molecular complexity index is 429. The number of ketones is 3. The van der Waals surface area contributed by atoms with Crippen LogP contribution in [0.1, 0.15) is 13.8 Å². The van der Waals surface area contributed by atoms with Crippen molar-refractivity contribution in [3.63, 3.8) is 0 Å². The Hall–Kier alpha value is -1.71. The van der Waals surface area contributed by atoms with Crippen molar-refractivity contribution in [3.8, 4) is 0 Å². The average Bonchev–Trinajstić information content (AvgIpc) is 2.45. The van der Waals surface area contributed by atoms with Crippen molar-refractivity contribution in [2.24, 2.45) is 0 Å². The number of hydrogen-bond acceptors (Lipinski definition) is 4. The van der Waals surface area contributed by atoms with Crippen LogP contribution in [0.3, 0.4) is 0 Å². The number of allylic oxidation sites excluding steroid dienone is 3. The Morgan fingerprint density at radius 2 is 1.73 bits per heavy atom. The van der Waals surface area contributed by atoms with Crippen LogP contribution in [0.25, 0.3) is 0 Å². The number of rotatable bonds is 1. The lowest BCUT2D eigenvalue weighted by Gasteiger charge is -2.24. The van der Waals surface area contributed by atoms with E-state index in [0.29, 0.717) is 11.3 Å². The SMILES string of the molecule is CC(C)N1CC(=O)C2=CC(=O)C(=O)C=C21. The second-order valence-corrected chi connectivity index (χ2v) is 3.96. The second kappa shape index (κ2) is 3.15. The normalized spacial score (nSPS) is 20.7. The standard InChI is InChI=1S/C11H11NO3/c1-6(2)12-5-11(15)7-3-9(13)10(14)4-8(7)12/h3-4,6H,5H2,1-2H3. The molecule has 1 aliphatic carbocycles. The maximum Gasteiger partial charge on any atom is 0.227 e. The largest absolute Gasteiger partial charge is 0.361 e. The van der Waals surface area contributed by atoms with Crippen molar-refractivity contribution in [1.82, 2.24) is 4.90 Å². The number of Topliss-reactive ketones (excluding diaryl/α,β-unsaturated/α-hetero) is 1. The summed E-state index contributed by atoms with van der Waals surface area (Å²) in [6, 6.07) is 0.145. The van der Waals surface area contributed by atoms with Gasteiger partial charge < -0.3 is 4.90 Å². The minimum absolute atomic E-state index is 0.0872. The molecule has 1 aliphatic heterocycles. The van der Waals surface area contributed by atoms with Gasteiger partial charge in [-0.1, -0.05) is 0 Å². The van der Waals surface area contributed by atoms with Crippen LogP contribution in [-0.4, -0.2) is 34.8 Å². The van der Waals surface area contributed by atoms with E-state index in [1.54, 1.807) is 0 Å². The fourth-order valence-electron chi connectivity index (χ4n) is 1.80. The molecule has 2 rings (SSSR count). The van der Waals surface area contributed by atoms with E-state index in [0.717, 1.165) is 6.08 Å². The van der Waals surface area contributed by atoms with E-state index in [2.05, 4.69) is 0 Å². The first-order valence-corrected chi connectivity index (χ1v) is 4.82. The van der Waals surface area contributed by atoms with Gasteiger partial charge in [-0.3, -0.25) is 14.4 Å². The lowest BCUT2D eigenvalue weighted by molar-refractivity contribution is -0.131. The van der Waals surface area contributed by atoms with Crippen LogP contribution in [0, 0.1) is 0 Å². The minimum Gasteiger partial charge on any atom is -0.361 e. The van der Waals surface area contributed by atoms with E-state index >= 15 is 0 Å². The van der Waals surface area contributed by atoms with Gasteiger partial charge in [-0.25, -0.2) is 0 Å². The Morgan fingerprint density at radius 1 is 1.13 bits per heavy atom. The monoisotopic (exact) mass is 205 g/mol. The molecule has 0 radical (unpaired) electrons. The molecule has 0 aromatic heterocycles. The molecule has 78 valence electrons. The Kier molecular flexibility index (Phi) is 2.07. The Labute approximate surface area is 87.2 Å². The van der Waals surface area contributed by atoms with Gasteiger partial charge in [0.1, 0.15) is 0 Å². The predicted molar refractivity (Wildman–Crippen MR) is 53.0 cm³/mol. The summed E-state index contributed by atoms with van der Waals surface area (Å²) in [6.45, 7) is 4.14. The highest BCUT2D eigenvalue weighted by atomic mass is 16.2. The van der Waals surface area contributed by atoms with Crippen molar-refractivity contribution in [2.75, 3.05) is 6.54 Å². The highest BCUT2D eigenvalue weighted by Crippen LogP contribution is 2.28. The summed E-state index contributed by atoms with van der Waals surface area (Å²) in [4.78, 5) is 35.7. The first kappa shape index (κ1) is 9.83. The van der Waals surface area contributed by atoms with Gasteiger partial charge in [0, 0.05) is 23.8 Å². The number of carbonyl (C=O) groups is 3. The van der Waals surface area contributed by atoms with Gasteiger partial charge in [0.25, 0.3) is 0 Å². The quantitative estimate of drug-likeness (QED) is 0.454. The molecule has 0 N–H and O–H groups in total. The van der Waals surface area contributed by atoms with E-state index in [4.69, 9.17) is 0 Å². The highest BCUT2D eigenvalue weighted by molar-refractivity contribution is 6.48. The third-order valence-electron chi connectivity index (χ3n) is 2.61. The Morgan fingerprint density at radius 3 is 2.33 bits per heavy atom. The maximum atomic E-state index is 11.6. The van der Waals surface area contributed by atoms with Gasteiger partial charge >= 0.3 is 0 Å². The van der Waals surface area contributed by atoms with Crippen LogP contribution in [0.15, 0.2) is 23.4 Å². The summed E-state index contributed by atoms with van der Waals surface area (Å²) in [6.07, 6.45) is 2.42. The molecular weight excluding hydrogens is 194 g/mol. The second-order valence-electron chi connectivity index (χ2n) is 3.96. The zero-order valence-corrected chi connectivity index (χ0v) is 8.61. The van der Waals surface area contributed by atoms with E-state index in [1.807, 2.05) is 18.7 Å². The number of fused-ring (bicyclic) bond motifs is 1. The molecule has 0 bridgehead atoms. The molecule has 1 fully saturated rings. The van der Waals surface area contributed by atoms with Crippen molar-refractivity contribution in [2.45, 2.75) is 19.9 Å². The molecule has 0 saturated carbocycles. The molecular formula is C11H11NO3. The third-order valence-corrected chi connectivity index (χ3v) is 2.61. The van der Waals surface area contributed by atoms with Gasteiger partial charge in [0.15, 0.2) is 5.78 Å². The maximum absolute atomic E-state index is 11.6. The van der Waals surface area contributed by atoms with Gasteiger partial charge in [0.2, 0.25) is 11.6 Å². The first-order valence-electron chi connectivity index (χ1n) is 4.82. The highest BCUT2D eigenvalue weighted by Gasteiger charge is 2.35. The molecule has 4 nitrogen and oxygen atoms in total. The predicted octanol–water partition coefficient (Wildman–Crippen LogP) is 0.242. The Balaban J connectivity index is 2.47. The van der Waals surface area contributed by atoms with E-state index in [1.165, 1.54) is 6.08 Å². The van der Waals surface area contributed by atoms with Crippen LogP contribution in [0.4, 0.5) is 0 Å². The molecule has 4 heteroatoms. The molecule has 15 heavy (non-hydrogen) atoms. The zero-order chi connectivity index (χ0) is 11.2. The molecule has 0 aromatic rings. The fourth-order valence-corrected chi connectivity index (χ4v) is 1.80. The molecule has 1 heterocycles. The van der Waals surface area contributed by atoms with Crippen LogP contribution >= 0.6 is 0 Å². The molecule has 2 aliphatic rings. The average molecular weight is 205 g/mol. The molecule has 0 atom stereocenters. The topological polar surface area (TPSA) is 54.5 Å².